The fraction of sp³-hybridized carbons (Fsp3) is 0.500. The summed E-state index contributed by atoms with van der Waals surface area (Å²) < 4.78 is 0. The molecule has 1 atom stereocenters. The van der Waals surface area contributed by atoms with E-state index in [1.165, 1.54) is 0 Å². The van der Waals surface area contributed by atoms with E-state index in [9.17, 15) is 19.2 Å². The van der Waals surface area contributed by atoms with Crippen LogP contribution >= 0.6 is 0 Å². The highest BCUT2D eigenvalue weighted by atomic mass is 16.4. The molecule has 0 unspecified atom stereocenters. The van der Waals surface area contributed by atoms with Gasteiger partial charge in [-0.1, -0.05) is 0 Å². The lowest BCUT2D eigenvalue weighted by Gasteiger charge is -2.11. The minimum absolute atomic E-state index is 0.390. The molecule has 16 heavy (non-hydrogen) atoms. The first-order valence-electron chi connectivity index (χ1n) is 4.28. The first-order chi connectivity index (χ1) is 7.32. The first kappa shape index (κ1) is 13.9. The molecular weight excluding hydrogens is 222 g/mol. The van der Waals surface area contributed by atoms with Crippen molar-refractivity contribution in [1.82, 2.24) is 5.32 Å². The number of carboxylic acid groups (broad SMARTS) is 3. The average molecular weight is 233 g/mol. The summed E-state index contributed by atoms with van der Waals surface area (Å²) in [5, 5.41) is 27.1. The van der Waals surface area contributed by atoms with Gasteiger partial charge in [-0.25, -0.2) is 4.79 Å². The SMILES string of the molecule is O=C(O)CCC(=O)N[C@@H](CC(=O)O)C(=O)O. The molecule has 0 aromatic carbocycles. The molecule has 0 aliphatic carbocycles. The highest BCUT2D eigenvalue weighted by molar-refractivity contribution is 5.87. The third-order valence-corrected chi connectivity index (χ3v) is 1.58. The van der Waals surface area contributed by atoms with Gasteiger partial charge in [-0.15, -0.1) is 0 Å². The molecule has 0 saturated heterocycles. The fourth-order valence-corrected chi connectivity index (χ4v) is 0.862. The van der Waals surface area contributed by atoms with Crippen LogP contribution in [-0.4, -0.2) is 45.2 Å². The largest absolute Gasteiger partial charge is 0.481 e. The molecule has 0 bridgehead atoms. The van der Waals surface area contributed by atoms with Crippen molar-refractivity contribution < 1.29 is 34.5 Å². The lowest BCUT2D eigenvalue weighted by molar-refractivity contribution is -0.147. The molecule has 0 aliphatic rings. The van der Waals surface area contributed by atoms with Crippen molar-refractivity contribution in [2.75, 3.05) is 0 Å². The fourth-order valence-electron chi connectivity index (χ4n) is 0.862. The second-order valence-corrected chi connectivity index (χ2v) is 2.95. The molecule has 0 saturated carbocycles. The van der Waals surface area contributed by atoms with Crippen LogP contribution in [0.25, 0.3) is 0 Å². The van der Waals surface area contributed by atoms with E-state index in [4.69, 9.17) is 15.3 Å². The molecule has 0 heterocycles. The summed E-state index contributed by atoms with van der Waals surface area (Å²) in [6.45, 7) is 0. The van der Waals surface area contributed by atoms with Crippen LogP contribution in [0.1, 0.15) is 19.3 Å². The Labute approximate surface area is 89.9 Å². The maximum absolute atomic E-state index is 11.0. The Hall–Kier alpha value is -2.12. The summed E-state index contributed by atoms with van der Waals surface area (Å²) in [6, 6.07) is -1.54. The van der Waals surface area contributed by atoms with Crippen LogP contribution in [-0.2, 0) is 19.2 Å². The molecule has 0 rings (SSSR count). The van der Waals surface area contributed by atoms with E-state index in [2.05, 4.69) is 0 Å². The van der Waals surface area contributed by atoms with E-state index in [1.54, 1.807) is 0 Å². The number of carboxylic acids is 3. The molecule has 0 aliphatic heterocycles. The summed E-state index contributed by atoms with van der Waals surface area (Å²) >= 11 is 0. The maximum Gasteiger partial charge on any atom is 0.326 e. The summed E-state index contributed by atoms with van der Waals surface area (Å²) in [4.78, 5) is 41.9. The Kier molecular flexibility index (Phi) is 5.53. The predicted molar refractivity (Wildman–Crippen MR) is 48.7 cm³/mol. The standard InChI is InChI=1S/C8H11NO7/c10-5(1-2-6(11)12)9-4(8(15)16)3-7(13)14/h4H,1-3H2,(H,9,10)(H,11,12)(H,13,14)(H,15,16)/t4-/m0/s1. The van der Waals surface area contributed by atoms with Crippen LogP contribution in [0.3, 0.4) is 0 Å². The lowest BCUT2D eigenvalue weighted by Crippen LogP contribution is -2.42. The molecule has 4 N–H and O–H groups in total. The van der Waals surface area contributed by atoms with Crippen molar-refractivity contribution in [3.8, 4) is 0 Å². The minimum atomic E-state index is -1.54. The molecule has 0 fully saturated rings. The zero-order chi connectivity index (χ0) is 12.7. The monoisotopic (exact) mass is 233 g/mol. The van der Waals surface area contributed by atoms with Gasteiger partial charge in [-0.05, 0) is 0 Å². The summed E-state index contributed by atoms with van der Waals surface area (Å²) in [5.41, 5.74) is 0. The number of carbonyl (C=O) groups is 4. The number of carbonyl (C=O) groups excluding carboxylic acids is 1. The first-order valence-corrected chi connectivity index (χ1v) is 4.28. The normalized spacial score (nSPS) is 11.5. The number of nitrogens with one attached hydrogen (secondary N) is 1. The maximum atomic E-state index is 11.0. The Morgan fingerprint density at radius 1 is 0.938 bits per heavy atom. The Balaban J connectivity index is 4.18. The summed E-state index contributed by atoms with van der Waals surface area (Å²) in [7, 11) is 0. The quantitative estimate of drug-likeness (QED) is 0.437. The van der Waals surface area contributed by atoms with Gasteiger partial charge in [-0.2, -0.15) is 0 Å². The van der Waals surface area contributed by atoms with Gasteiger partial charge < -0.3 is 20.6 Å². The summed E-state index contributed by atoms with van der Waals surface area (Å²) in [6.07, 6.45) is -1.59. The van der Waals surface area contributed by atoms with E-state index in [0.29, 0.717) is 0 Å². The van der Waals surface area contributed by atoms with Crippen molar-refractivity contribution in [3.05, 3.63) is 0 Å². The zero-order valence-electron chi connectivity index (χ0n) is 8.17. The van der Waals surface area contributed by atoms with Crippen LogP contribution < -0.4 is 5.32 Å². The van der Waals surface area contributed by atoms with Crippen LogP contribution in [0.5, 0.6) is 0 Å². The molecule has 8 heteroatoms. The number of amides is 1. The van der Waals surface area contributed by atoms with E-state index < -0.39 is 49.1 Å². The van der Waals surface area contributed by atoms with Gasteiger partial charge >= 0.3 is 17.9 Å². The van der Waals surface area contributed by atoms with Crippen LogP contribution in [0.4, 0.5) is 0 Å². The second kappa shape index (κ2) is 6.38. The van der Waals surface area contributed by atoms with E-state index in [0.717, 1.165) is 0 Å². The molecular formula is C8H11NO7. The Morgan fingerprint density at radius 2 is 1.50 bits per heavy atom. The molecule has 0 spiro atoms. The number of aliphatic carboxylic acids is 3. The molecule has 90 valence electrons. The summed E-state index contributed by atoms with van der Waals surface area (Å²) in [5.74, 6) is -4.85. The van der Waals surface area contributed by atoms with Crippen LogP contribution in [0.15, 0.2) is 0 Å². The minimum Gasteiger partial charge on any atom is -0.481 e. The van der Waals surface area contributed by atoms with E-state index in [1.807, 2.05) is 5.32 Å². The molecule has 8 nitrogen and oxygen atoms in total. The van der Waals surface area contributed by atoms with Crippen LogP contribution in [0, 0.1) is 0 Å². The second-order valence-electron chi connectivity index (χ2n) is 2.95. The highest BCUT2D eigenvalue weighted by Gasteiger charge is 2.22. The van der Waals surface area contributed by atoms with Gasteiger partial charge in [0.1, 0.15) is 6.04 Å². The number of hydrogen-bond donors (Lipinski definition) is 4. The highest BCUT2D eigenvalue weighted by Crippen LogP contribution is 1.96. The smallest absolute Gasteiger partial charge is 0.326 e. The van der Waals surface area contributed by atoms with Gasteiger partial charge in [0.05, 0.1) is 12.8 Å². The van der Waals surface area contributed by atoms with Crippen molar-refractivity contribution in [2.24, 2.45) is 0 Å². The topological polar surface area (TPSA) is 141 Å². The third-order valence-electron chi connectivity index (χ3n) is 1.58. The van der Waals surface area contributed by atoms with Gasteiger partial charge in [0.15, 0.2) is 0 Å². The van der Waals surface area contributed by atoms with Gasteiger partial charge in [0.2, 0.25) is 5.91 Å². The number of rotatable bonds is 7. The average Bonchev–Trinajstić information content (AvgIpc) is 2.12. The Bertz CT molecular complexity index is 312. The van der Waals surface area contributed by atoms with Crippen molar-refractivity contribution in [3.63, 3.8) is 0 Å². The van der Waals surface area contributed by atoms with Crippen molar-refractivity contribution in [2.45, 2.75) is 25.3 Å². The molecule has 0 radical (unpaired) electrons. The molecule has 1 amide bonds. The van der Waals surface area contributed by atoms with Gasteiger partial charge in [-0.3, -0.25) is 14.4 Å². The van der Waals surface area contributed by atoms with Crippen LogP contribution in [0.2, 0.25) is 0 Å². The predicted octanol–water partition coefficient (Wildman–Crippen LogP) is -1.10. The molecule has 0 aromatic rings. The molecule has 0 aromatic heterocycles. The van der Waals surface area contributed by atoms with E-state index in [-0.39, 0.29) is 0 Å². The third kappa shape index (κ3) is 6.35. The zero-order valence-corrected chi connectivity index (χ0v) is 8.17. The van der Waals surface area contributed by atoms with Crippen molar-refractivity contribution in [1.29, 1.82) is 0 Å². The van der Waals surface area contributed by atoms with E-state index >= 15 is 0 Å². The van der Waals surface area contributed by atoms with Gasteiger partial charge in [0, 0.05) is 6.42 Å². The van der Waals surface area contributed by atoms with Crippen molar-refractivity contribution >= 4 is 23.8 Å². The Morgan fingerprint density at radius 3 is 1.88 bits per heavy atom. The van der Waals surface area contributed by atoms with Gasteiger partial charge in [0.25, 0.3) is 0 Å². The lowest BCUT2D eigenvalue weighted by atomic mass is 10.2. The number of hydrogen-bond acceptors (Lipinski definition) is 4.